The third kappa shape index (κ3) is 6.01. The van der Waals surface area contributed by atoms with Gasteiger partial charge in [-0.25, -0.2) is 13.4 Å². The smallest absolute Gasteiger partial charge is 0.240 e. The highest BCUT2D eigenvalue weighted by molar-refractivity contribution is 7.88. The molecule has 0 unspecified atom stereocenters. The van der Waals surface area contributed by atoms with Crippen molar-refractivity contribution in [2.75, 3.05) is 31.5 Å². The molecule has 3 heterocycles. The van der Waals surface area contributed by atoms with Crippen LogP contribution in [0.4, 0.5) is 5.13 Å². The lowest BCUT2D eigenvalue weighted by atomic mass is 9.74. The molecule has 1 amide bonds. The third-order valence-corrected chi connectivity index (χ3v) is 10.6. The Hall–Kier alpha value is -2.59. The van der Waals surface area contributed by atoms with Crippen LogP contribution in [-0.2, 0) is 20.6 Å². The summed E-state index contributed by atoms with van der Waals surface area (Å²) in [5.41, 5.74) is 3.44. The lowest BCUT2D eigenvalue weighted by Crippen LogP contribution is -2.45. The summed E-state index contributed by atoms with van der Waals surface area (Å²) >= 11 is 1.43. The fourth-order valence-corrected chi connectivity index (χ4v) is 8.78. The zero-order valence-corrected chi connectivity index (χ0v) is 23.9. The van der Waals surface area contributed by atoms with Gasteiger partial charge in [-0.1, -0.05) is 60.2 Å². The number of benzene rings is 2. The van der Waals surface area contributed by atoms with Gasteiger partial charge in [0, 0.05) is 23.0 Å². The summed E-state index contributed by atoms with van der Waals surface area (Å²) in [7, 11) is -3.43. The van der Waals surface area contributed by atoms with Gasteiger partial charge < -0.3 is 5.32 Å². The maximum Gasteiger partial charge on any atom is 0.240 e. The van der Waals surface area contributed by atoms with Crippen molar-refractivity contribution in [1.29, 1.82) is 0 Å². The van der Waals surface area contributed by atoms with Gasteiger partial charge in [0.25, 0.3) is 0 Å². The number of carbonyl (C=O) groups is 1. The molecule has 2 saturated heterocycles. The van der Waals surface area contributed by atoms with Crippen molar-refractivity contribution in [1.82, 2.24) is 14.2 Å². The number of aromatic nitrogens is 1. The van der Waals surface area contributed by atoms with Gasteiger partial charge in [0.2, 0.25) is 15.9 Å². The zero-order valence-electron chi connectivity index (χ0n) is 22.3. The summed E-state index contributed by atoms with van der Waals surface area (Å²) in [5, 5.41) is 5.52. The summed E-state index contributed by atoms with van der Waals surface area (Å²) in [6.45, 7) is 8.57. The summed E-state index contributed by atoms with van der Waals surface area (Å²) in [4.78, 5) is 19.5. The minimum Gasteiger partial charge on any atom is -0.301 e. The number of hydrogen-bond donors (Lipinski definition) is 1. The molecule has 1 spiro atoms. The van der Waals surface area contributed by atoms with Gasteiger partial charge >= 0.3 is 0 Å². The van der Waals surface area contributed by atoms with Crippen LogP contribution in [-0.4, -0.2) is 60.2 Å². The Morgan fingerprint density at radius 1 is 1.05 bits per heavy atom. The van der Waals surface area contributed by atoms with Crippen LogP contribution in [0.2, 0.25) is 0 Å². The highest BCUT2D eigenvalue weighted by Crippen LogP contribution is 2.49. The number of nitrogens with one attached hydrogen (secondary N) is 1. The monoisotopic (exact) mass is 552 g/mol. The van der Waals surface area contributed by atoms with Gasteiger partial charge in [0.15, 0.2) is 5.13 Å². The fraction of sp³-hybridized carbons (Fsp3) is 0.448. The van der Waals surface area contributed by atoms with Crippen LogP contribution >= 0.6 is 11.3 Å². The van der Waals surface area contributed by atoms with E-state index < -0.39 is 15.6 Å². The van der Waals surface area contributed by atoms with E-state index in [4.69, 9.17) is 0 Å². The molecule has 9 heteroatoms. The normalized spacial score (nSPS) is 19.6. The molecule has 0 bridgehead atoms. The predicted molar refractivity (Wildman–Crippen MR) is 153 cm³/mol. The Balaban J connectivity index is 1.15. The number of nitrogens with zero attached hydrogens (tertiary/aromatic N) is 3. The van der Waals surface area contributed by atoms with Crippen LogP contribution in [0.15, 0.2) is 60.0 Å². The quantitative estimate of drug-likeness (QED) is 0.438. The van der Waals surface area contributed by atoms with Crippen molar-refractivity contribution >= 4 is 32.4 Å². The van der Waals surface area contributed by atoms with Gasteiger partial charge in [0.05, 0.1) is 18.0 Å². The molecule has 2 aliphatic heterocycles. The highest BCUT2D eigenvalue weighted by Gasteiger charge is 2.53. The maximum absolute atomic E-state index is 13.4. The molecule has 0 radical (unpaired) electrons. The van der Waals surface area contributed by atoms with Gasteiger partial charge in [-0.2, -0.15) is 4.31 Å². The summed E-state index contributed by atoms with van der Waals surface area (Å²) in [6, 6.07) is 17.6. The first-order chi connectivity index (χ1) is 18.0. The number of aryl methyl sites for hydroxylation is 1. The van der Waals surface area contributed by atoms with Crippen LogP contribution in [0.1, 0.15) is 44.2 Å². The van der Waals surface area contributed by atoms with Crippen molar-refractivity contribution in [2.24, 2.45) is 5.41 Å². The van der Waals surface area contributed by atoms with E-state index in [1.807, 2.05) is 61.7 Å². The minimum atomic E-state index is -3.43. The molecule has 7 nitrogen and oxygen atoms in total. The van der Waals surface area contributed by atoms with E-state index in [2.05, 4.69) is 34.3 Å². The number of amides is 1. The van der Waals surface area contributed by atoms with Crippen molar-refractivity contribution < 1.29 is 13.2 Å². The van der Waals surface area contributed by atoms with Crippen LogP contribution in [0.25, 0.3) is 11.3 Å². The van der Waals surface area contributed by atoms with E-state index in [0.717, 1.165) is 49.2 Å². The van der Waals surface area contributed by atoms with Crippen molar-refractivity contribution in [3.8, 4) is 11.3 Å². The first-order valence-corrected chi connectivity index (χ1v) is 15.6. The van der Waals surface area contributed by atoms with Gasteiger partial charge in [-0.15, -0.1) is 11.3 Å². The number of hydrogen-bond acceptors (Lipinski definition) is 6. The molecule has 2 aliphatic rings. The molecule has 0 aliphatic carbocycles. The van der Waals surface area contributed by atoms with E-state index >= 15 is 0 Å². The Kier molecular flexibility index (Phi) is 7.48. The molecule has 5 rings (SSSR count). The SMILES string of the molecule is Cc1ccc(-c2csc(NC(=O)CN3CCC4(CC3)CN(S(=O)(=O)Cc3ccccc3)C(C)(C)C4)n2)cc1. The fourth-order valence-electron chi connectivity index (χ4n) is 5.99. The first-order valence-electron chi connectivity index (χ1n) is 13.1. The second-order valence-corrected chi connectivity index (χ2v) is 14.2. The van der Waals surface area contributed by atoms with Gasteiger partial charge in [-0.3, -0.25) is 9.69 Å². The molecule has 3 aromatic rings. The molecular formula is C29H36N4O3S2. The number of thiazole rings is 1. The van der Waals surface area contributed by atoms with E-state index in [1.165, 1.54) is 16.9 Å². The molecule has 2 fully saturated rings. The average Bonchev–Trinajstić information content (AvgIpc) is 3.43. The van der Waals surface area contributed by atoms with Crippen molar-refractivity contribution in [2.45, 2.75) is 51.3 Å². The topological polar surface area (TPSA) is 82.6 Å². The van der Waals surface area contributed by atoms with Crippen LogP contribution in [0, 0.1) is 12.3 Å². The molecule has 38 heavy (non-hydrogen) atoms. The average molecular weight is 553 g/mol. The molecule has 0 saturated carbocycles. The first kappa shape index (κ1) is 27.0. The third-order valence-electron chi connectivity index (χ3n) is 7.87. The second kappa shape index (κ2) is 10.5. The van der Waals surface area contributed by atoms with E-state index in [9.17, 15) is 13.2 Å². The standard InChI is InChI=1S/C29H36N4O3S2/c1-22-9-11-24(12-10-22)25-18-37-27(30-25)31-26(34)17-32-15-13-29(14-16-32)20-28(2,3)33(21-29)38(35,36)19-23-7-5-4-6-8-23/h4-12,18H,13-17,19-21H2,1-3H3,(H,30,31,34). The predicted octanol–water partition coefficient (Wildman–Crippen LogP) is 5.15. The molecule has 202 valence electrons. The summed E-state index contributed by atoms with van der Waals surface area (Å²) in [5.74, 6) is -0.0354. The number of sulfonamides is 1. The van der Waals surface area contributed by atoms with Crippen LogP contribution in [0.5, 0.6) is 0 Å². The number of likely N-dealkylation sites (tertiary alicyclic amines) is 1. The number of carbonyl (C=O) groups excluding carboxylic acids is 1. The Morgan fingerprint density at radius 2 is 1.74 bits per heavy atom. The molecule has 1 N–H and O–H groups in total. The number of anilines is 1. The highest BCUT2D eigenvalue weighted by atomic mass is 32.2. The van der Waals surface area contributed by atoms with E-state index in [0.29, 0.717) is 18.2 Å². The number of piperidine rings is 1. The van der Waals surface area contributed by atoms with Crippen LogP contribution < -0.4 is 5.32 Å². The van der Waals surface area contributed by atoms with Gasteiger partial charge in [-0.05, 0) is 64.1 Å². The molecule has 0 atom stereocenters. The van der Waals surface area contributed by atoms with E-state index in [-0.39, 0.29) is 17.1 Å². The van der Waals surface area contributed by atoms with Crippen molar-refractivity contribution in [3.05, 3.63) is 71.1 Å². The Bertz CT molecular complexity index is 1380. The zero-order chi connectivity index (χ0) is 27.0. The molecule has 2 aromatic carbocycles. The largest absolute Gasteiger partial charge is 0.301 e. The summed E-state index contributed by atoms with van der Waals surface area (Å²) < 4.78 is 28.5. The lowest BCUT2D eigenvalue weighted by molar-refractivity contribution is -0.117. The minimum absolute atomic E-state index is 0.0298. The molecule has 1 aromatic heterocycles. The Morgan fingerprint density at radius 3 is 2.42 bits per heavy atom. The maximum atomic E-state index is 13.4. The summed E-state index contributed by atoms with van der Waals surface area (Å²) in [6.07, 6.45) is 2.61. The lowest BCUT2D eigenvalue weighted by Gasteiger charge is -2.39. The van der Waals surface area contributed by atoms with Crippen molar-refractivity contribution in [3.63, 3.8) is 0 Å². The van der Waals surface area contributed by atoms with Crippen LogP contribution in [0.3, 0.4) is 0 Å². The Labute approximate surface area is 229 Å². The number of rotatable bonds is 7. The second-order valence-electron chi connectivity index (χ2n) is 11.5. The molecular weight excluding hydrogens is 516 g/mol. The van der Waals surface area contributed by atoms with Gasteiger partial charge in [0.1, 0.15) is 0 Å². The van der Waals surface area contributed by atoms with E-state index in [1.54, 1.807) is 4.31 Å².